The molecule has 3 aromatic heterocycles. The second-order valence-corrected chi connectivity index (χ2v) is 13.4. The van der Waals surface area contributed by atoms with Gasteiger partial charge in [-0.05, 0) is 59.0 Å². The number of fused-ring (bicyclic) bond motifs is 3. The smallest absolute Gasteiger partial charge is 0.121 e. The Hall–Kier alpha value is -4.37. The molecule has 1 radical (unpaired) electrons. The molecular weight excluding hydrogens is 753 g/mol. The Morgan fingerprint density at radius 1 is 0.723 bits per heavy atom. The van der Waals surface area contributed by atoms with Crippen molar-refractivity contribution >= 4 is 21.9 Å². The van der Waals surface area contributed by atoms with Crippen molar-refractivity contribution in [3.05, 3.63) is 155 Å². The van der Waals surface area contributed by atoms with Crippen molar-refractivity contribution in [2.75, 3.05) is 0 Å². The van der Waals surface area contributed by atoms with E-state index in [4.69, 9.17) is 4.42 Å². The Balaban J connectivity index is 0.000000243. The fourth-order valence-electron chi connectivity index (χ4n) is 5.86. The molecule has 0 saturated carbocycles. The number of aryl methyl sites for hydroxylation is 2. The number of pyridine rings is 2. The largest absolute Gasteiger partial charge is 0.500 e. The van der Waals surface area contributed by atoms with Crippen molar-refractivity contribution in [3.63, 3.8) is 0 Å². The average Bonchev–Trinajstić information content (AvgIpc) is 3.44. The fourth-order valence-corrected chi connectivity index (χ4v) is 5.86. The zero-order valence-electron chi connectivity index (χ0n) is 27.9. The van der Waals surface area contributed by atoms with Gasteiger partial charge in [-0.2, -0.15) is 0 Å². The van der Waals surface area contributed by atoms with E-state index in [2.05, 4.69) is 136 Å². The minimum Gasteiger partial charge on any atom is -0.500 e. The van der Waals surface area contributed by atoms with Crippen LogP contribution in [0.3, 0.4) is 0 Å². The minimum atomic E-state index is 0. The van der Waals surface area contributed by atoms with Crippen LogP contribution in [0.5, 0.6) is 0 Å². The molecule has 0 bridgehead atoms. The van der Waals surface area contributed by atoms with Gasteiger partial charge in [0.2, 0.25) is 0 Å². The van der Waals surface area contributed by atoms with Crippen LogP contribution in [0.2, 0.25) is 0 Å². The van der Waals surface area contributed by atoms with Crippen molar-refractivity contribution in [2.24, 2.45) is 5.41 Å². The number of nitrogens with zero attached hydrogens (tertiary/aromatic N) is 2. The summed E-state index contributed by atoms with van der Waals surface area (Å²) >= 11 is 0. The standard InChI is InChI=1S/C30H28NO.C13H12N.Ir/c1-20(22-9-6-5-7-10-22)24-11-8-12-28-29(24)25-18-23(13-14-27(25)32-28)26-17-21(15-16-31-26)19-30(2,3)4;1-10-3-6-12(7-4-10)13-8-5-11(2)9-14-13;/h5-12,14-18,20H,19H2,1-4H3;3-6,8-9H,1-2H3;/q2*-1;. The van der Waals surface area contributed by atoms with Gasteiger partial charge in [0.1, 0.15) is 5.58 Å². The first kappa shape index (κ1) is 34.0. The van der Waals surface area contributed by atoms with Crippen LogP contribution in [0, 0.1) is 31.4 Å². The van der Waals surface area contributed by atoms with E-state index in [-0.39, 0.29) is 31.4 Å². The molecule has 0 aliphatic rings. The Bertz CT molecular complexity index is 2030. The molecule has 0 aliphatic carbocycles. The van der Waals surface area contributed by atoms with Crippen LogP contribution in [0.1, 0.15) is 61.4 Å². The van der Waals surface area contributed by atoms with E-state index in [1.54, 1.807) is 0 Å². The van der Waals surface area contributed by atoms with Gasteiger partial charge < -0.3 is 14.4 Å². The van der Waals surface area contributed by atoms with Crippen molar-refractivity contribution in [1.82, 2.24) is 9.97 Å². The van der Waals surface area contributed by atoms with E-state index in [1.807, 2.05) is 43.6 Å². The fraction of sp³-hybridized carbons (Fsp3) is 0.209. The summed E-state index contributed by atoms with van der Waals surface area (Å²) in [5, 5.41) is 2.30. The van der Waals surface area contributed by atoms with Crippen molar-refractivity contribution in [2.45, 2.75) is 53.9 Å². The summed E-state index contributed by atoms with van der Waals surface area (Å²) in [4.78, 5) is 9.00. The van der Waals surface area contributed by atoms with Gasteiger partial charge in [0.25, 0.3) is 0 Å². The van der Waals surface area contributed by atoms with Crippen LogP contribution in [0.15, 0.2) is 120 Å². The monoisotopic (exact) mass is 793 g/mol. The molecule has 4 heteroatoms. The molecule has 1 atom stereocenters. The summed E-state index contributed by atoms with van der Waals surface area (Å²) in [6.45, 7) is 13.1. The van der Waals surface area contributed by atoms with Gasteiger partial charge in [-0.15, -0.1) is 59.2 Å². The maximum absolute atomic E-state index is 6.21. The first-order chi connectivity index (χ1) is 22.1. The summed E-state index contributed by atoms with van der Waals surface area (Å²) in [6.07, 6.45) is 4.80. The van der Waals surface area contributed by atoms with Gasteiger partial charge in [0, 0.05) is 43.8 Å². The zero-order valence-corrected chi connectivity index (χ0v) is 30.3. The van der Waals surface area contributed by atoms with Crippen molar-refractivity contribution in [3.8, 4) is 22.5 Å². The molecule has 239 valence electrons. The number of aromatic nitrogens is 2. The number of hydrogen-bond donors (Lipinski definition) is 0. The maximum atomic E-state index is 6.21. The molecule has 0 spiro atoms. The van der Waals surface area contributed by atoms with E-state index in [1.165, 1.54) is 33.2 Å². The van der Waals surface area contributed by atoms with Gasteiger partial charge >= 0.3 is 0 Å². The average molecular weight is 793 g/mol. The SMILES string of the molecule is CC(c1ccccc1)c1cccc2oc3c[c-]c(-c4cc(CC(C)(C)C)ccn4)cc3c12.Cc1c[c-]c(-c2ccc(C)cn2)cc1.[Ir]. The second kappa shape index (κ2) is 14.6. The molecule has 7 aromatic rings. The van der Waals surface area contributed by atoms with E-state index < -0.39 is 0 Å². The van der Waals surface area contributed by atoms with Crippen LogP contribution in [0.4, 0.5) is 0 Å². The molecule has 0 N–H and O–H groups in total. The molecule has 0 fully saturated rings. The van der Waals surface area contributed by atoms with Gasteiger partial charge in [-0.1, -0.05) is 106 Å². The van der Waals surface area contributed by atoms with Crippen LogP contribution in [0.25, 0.3) is 44.5 Å². The minimum absolute atomic E-state index is 0. The maximum Gasteiger partial charge on any atom is 0.121 e. The predicted molar refractivity (Wildman–Crippen MR) is 191 cm³/mol. The number of benzene rings is 4. The molecule has 47 heavy (non-hydrogen) atoms. The molecule has 1 unspecified atom stereocenters. The number of furan rings is 1. The second-order valence-electron chi connectivity index (χ2n) is 13.4. The molecule has 7 rings (SSSR count). The molecule has 4 aromatic carbocycles. The van der Waals surface area contributed by atoms with Crippen LogP contribution in [-0.4, -0.2) is 9.97 Å². The molecular formula is C43H40IrN2O-2. The summed E-state index contributed by atoms with van der Waals surface area (Å²) in [6, 6.07) is 42.3. The predicted octanol–water partition coefficient (Wildman–Crippen LogP) is 11.4. The third-order valence-corrected chi connectivity index (χ3v) is 8.22. The number of rotatable bonds is 5. The van der Waals surface area contributed by atoms with Crippen LogP contribution < -0.4 is 0 Å². The Kier molecular flexibility index (Phi) is 10.5. The van der Waals surface area contributed by atoms with Gasteiger partial charge in [-0.3, -0.25) is 0 Å². The Morgan fingerprint density at radius 3 is 2.19 bits per heavy atom. The zero-order chi connectivity index (χ0) is 32.3. The topological polar surface area (TPSA) is 38.9 Å². The van der Waals surface area contributed by atoms with Crippen molar-refractivity contribution < 1.29 is 24.5 Å². The Labute approximate surface area is 292 Å². The summed E-state index contributed by atoms with van der Waals surface area (Å²) < 4.78 is 6.21. The quantitative estimate of drug-likeness (QED) is 0.163. The summed E-state index contributed by atoms with van der Waals surface area (Å²) in [5.74, 6) is 0.265. The summed E-state index contributed by atoms with van der Waals surface area (Å²) in [5.41, 5.74) is 12.3. The molecule has 0 aliphatic heterocycles. The first-order valence-electron chi connectivity index (χ1n) is 15.9. The molecule has 3 heterocycles. The third-order valence-electron chi connectivity index (χ3n) is 8.22. The van der Waals surface area contributed by atoms with E-state index >= 15 is 0 Å². The van der Waals surface area contributed by atoms with Crippen LogP contribution >= 0.6 is 0 Å². The van der Waals surface area contributed by atoms with E-state index in [0.717, 1.165) is 45.5 Å². The normalized spacial score (nSPS) is 11.9. The van der Waals surface area contributed by atoms with E-state index in [9.17, 15) is 0 Å². The van der Waals surface area contributed by atoms with E-state index in [0.29, 0.717) is 0 Å². The van der Waals surface area contributed by atoms with Gasteiger partial charge in [0.05, 0.1) is 5.58 Å². The summed E-state index contributed by atoms with van der Waals surface area (Å²) in [7, 11) is 0. The Morgan fingerprint density at radius 2 is 1.49 bits per heavy atom. The van der Waals surface area contributed by atoms with Gasteiger partial charge in [0.15, 0.2) is 0 Å². The molecule has 0 saturated heterocycles. The first-order valence-corrected chi connectivity index (χ1v) is 15.9. The number of hydrogen-bond acceptors (Lipinski definition) is 3. The molecule has 3 nitrogen and oxygen atoms in total. The molecule has 0 amide bonds. The van der Waals surface area contributed by atoms with Crippen LogP contribution in [-0.2, 0) is 26.5 Å². The van der Waals surface area contributed by atoms with Gasteiger partial charge in [-0.25, -0.2) is 0 Å². The third kappa shape index (κ3) is 8.14. The van der Waals surface area contributed by atoms with Crippen molar-refractivity contribution in [1.29, 1.82) is 0 Å².